The molecule has 124 valence electrons. The van der Waals surface area contributed by atoms with Gasteiger partial charge in [0.2, 0.25) is 5.91 Å². The minimum absolute atomic E-state index is 0.0185. The second kappa shape index (κ2) is 8.17. The van der Waals surface area contributed by atoms with Gasteiger partial charge in [-0.05, 0) is 37.5 Å². The van der Waals surface area contributed by atoms with E-state index < -0.39 is 0 Å². The molecule has 1 fully saturated rings. The van der Waals surface area contributed by atoms with Gasteiger partial charge < -0.3 is 4.90 Å². The summed E-state index contributed by atoms with van der Waals surface area (Å²) < 4.78 is 0. The van der Waals surface area contributed by atoms with Crippen LogP contribution in [-0.4, -0.2) is 29.1 Å². The molecule has 0 saturated carbocycles. The van der Waals surface area contributed by atoms with E-state index in [9.17, 15) is 4.79 Å². The van der Waals surface area contributed by atoms with Crippen molar-refractivity contribution in [1.82, 2.24) is 10.2 Å². The van der Waals surface area contributed by atoms with Crippen molar-refractivity contribution >= 4 is 5.91 Å². The fourth-order valence-electron chi connectivity index (χ4n) is 3.28. The van der Waals surface area contributed by atoms with Crippen molar-refractivity contribution in [3.05, 3.63) is 0 Å². The molecule has 3 nitrogen and oxygen atoms in total. The van der Waals surface area contributed by atoms with E-state index in [1.807, 2.05) is 0 Å². The Morgan fingerprint density at radius 3 is 2.10 bits per heavy atom. The molecule has 3 atom stereocenters. The van der Waals surface area contributed by atoms with Crippen LogP contribution < -0.4 is 5.32 Å². The molecule has 1 heterocycles. The van der Waals surface area contributed by atoms with Crippen molar-refractivity contribution < 1.29 is 4.79 Å². The van der Waals surface area contributed by atoms with Gasteiger partial charge in [-0.3, -0.25) is 10.1 Å². The molecule has 0 aromatic rings. The Labute approximate surface area is 131 Å². The third-order valence-corrected chi connectivity index (χ3v) is 4.44. The molecule has 0 bridgehead atoms. The summed E-state index contributed by atoms with van der Waals surface area (Å²) in [5.41, 5.74) is 0. The maximum absolute atomic E-state index is 12.8. The summed E-state index contributed by atoms with van der Waals surface area (Å²) >= 11 is 0. The predicted octanol–water partition coefficient (Wildman–Crippen LogP) is 4.03. The van der Waals surface area contributed by atoms with Gasteiger partial charge >= 0.3 is 0 Å². The Kier molecular flexibility index (Phi) is 7.19. The number of nitrogens with zero attached hydrogens (tertiary/aromatic N) is 1. The molecule has 0 radical (unpaired) electrons. The van der Waals surface area contributed by atoms with Gasteiger partial charge in [0, 0.05) is 6.04 Å². The average molecular weight is 296 g/mol. The second-order valence-corrected chi connectivity index (χ2v) is 7.96. The molecule has 3 unspecified atom stereocenters. The van der Waals surface area contributed by atoms with Gasteiger partial charge in [-0.2, -0.15) is 0 Å². The van der Waals surface area contributed by atoms with Gasteiger partial charge in [0.25, 0.3) is 0 Å². The number of amides is 1. The minimum Gasteiger partial charge on any atom is -0.323 e. The van der Waals surface area contributed by atoms with Gasteiger partial charge in [0.05, 0.1) is 12.2 Å². The highest BCUT2D eigenvalue weighted by atomic mass is 16.2. The maximum Gasteiger partial charge on any atom is 0.241 e. The van der Waals surface area contributed by atoms with Gasteiger partial charge in [-0.1, -0.05) is 54.4 Å². The highest BCUT2D eigenvalue weighted by Gasteiger charge is 2.42. The molecule has 1 N–H and O–H groups in total. The summed E-state index contributed by atoms with van der Waals surface area (Å²) in [6.07, 6.45) is 4.72. The van der Waals surface area contributed by atoms with Crippen LogP contribution in [0, 0.1) is 17.8 Å². The largest absolute Gasteiger partial charge is 0.323 e. The maximum atomic E-state index is 12.8. The van der Waals surface area contributed by atoms with E-state index in [4.69, 9.17) is 0 Å². The Bertz CT molecular complexity index is 325. The highest BCUT2D eigenvalue weighted by Crippen LogP contribution is 2.26. The van der Waals surface area contributed by atoms with Crippen LogP contribution in [0.25, 0.3) is 0 Å². The smallest absolute Gasteiger partial charge is 0.241 e. The van der Waals surface area contributed by atoms with E-state index in [1.54, 1.807) is 0 Å². The normalized spacial score (nSPS) is 24.7. The first-order valence-corrected chi connectivity index (χ1v) is 8.82. The quantitative estimate of drug-likeness (QED) is 0.733. The SMILES string of the molecule is CC(C)CCCC(C)N1C(=O)C(CC(C)C)NC1C(C)C. The Balaban J connectivity index is 2.68. The van der Waals surface area contributed by atoms with Gasteiger partial charge in [-0.25, -0.2) is 0 Å². The number of nitrogens with one attached hydrogen (secondary N) is 1. The van der Waals surface area contributed by atoms with Crippen LogP contribution in [0.1, 0.15) is 74.1 Å². The zero-order chi connectivity index (χ0) is 16.2. The van der Waals surface area contributed by atoms with E-state index >= 15 is 0 Å². The number of carbonyl (C=O) groups is 1. The van der Waals surface area contributed by atoms with E-state index in [-0.39, 0.29) is 12.2 Å². The fourth-order valence-corrected chi connectivity index (χ4v) is 3.28. The lowest BCUT2D eigenvalue weighted by Crippen LogP contribution is -2.46. The molecule has 0 spiro atoms. The second-order valence-electron chi connectivity index (χ2n) is 7.96. The standard InChI is InChI=1S/C18H36N2O/c1-12(2)9-8-10-15(7)20-17(14(5)6)19-16(18(20)21)11-13(3)4/h12-17,19H,8-11H2,1-7H3. The van der Waals surface area contributed by atoms with E-state index in [0.29, 0.717) is 23.8 Å². The lowest BCUT2D eigenvalue weighted by molar-refractivity contribution is -0.133. The molecule has 0 aromatic heterocycles. The molecular formula is C18H36N2O. The first-order valence-electron chi connectivity index (χ1n) is 8.82. The van der Waals surface area contributed by atoms with Crippen LogP contribution in [0.5, 0.6) is 0 Å². The number of hydrogen-bond donors (Lipinski definition) is 1. The van der Waals surface area contributed by atoms with Crippen LogP contribution in [0.3, 0.4) is 0 Å². The van der Waals surface area contributed by atoms with Crippen molar-refractivity contribution in [2.24, 2.45) is 17.8 Å². The summed E-state index contributed by atoms with van der Waals surface area (Å²) in [5.74, 6) is 2.08. The molecule has 1 aliphatic rings. The summed E-state index contributed by atoms with van der Waals surface area (Å²) in [4.78, 5) is 14.9. The van der Waals surface area contributed by atoms with Crippen LogP contribution in [0.15, 0.2) is 0 Å². The van der Waals surface area contributed by atoms with Crippen molar-refractivity contribution in [2.45, 2.75) is 92.4 Å². The Morgan fingerprint density at radius 2 is 1.62 bits per heavy atom. The first-order chi connectivity index (χ1) is 9.73. The average Bonchev–Trinajstić information content (AvgIpc) is 2.66. The van der Waals surface area contributed by atoms with Crippen molar-refractivity contribution in [2.75, 3.05) is 0 Å². The molecule has 0 aromatic carbocycles. The molecule has 1 saturated heterocycles. The summed E-state index contributed by atoms with van der Waals surface area (Å²) in [6, 6.07) is 0.360. The van der Waals surface area contributed by atoms with Gasteiger partial charge in [0.15, 0.2) is 0 Å². The Morgan fingerprint density at radius 1 is 1.00 bits per heavy atom. The van der Waals surface area contributed by atoms with Gasteiger partial charge in [-0.15, -0.1) is 0 Å². The molecule has 21 heavy (non-hydrogen) atoms. The third kappa shape index (κ3) is 5.28. The van der Waals surface area contributed by atoms with Crippen LogP contribution in [0.4, 0.5) is 0 Å². The summed E-state index contributed by atoms with van der Waals surface area (Å²) in [6.45, 7) is 15.5. The van der Waals surface area contributed by atoms with Gasteiger partial charge in [0.1, 0.15) is 0 Å². The van der Waals surface area contributed by atoms with E-state index in [0.717, 1.165) is 18.8 Å². The van der Waals surface area contributed by atoms with Crippen molar-refractivity contribution in [1.29, 1.82) is 0 Å². The molecule has 1 aliphatic heterocycles. The fraction of sp³-hybridized carbons (Fsp3) is 0.944. The number of carbonyl (C=O) groups excluding carboxylic acids is 1. The molecular weight excluding hydrogens is 260 g/mol. The zero-order valence-electron chi connectivity index (χ0n) is 15.1. The van der Waals surface area contributed by atoms with Crippen LogP contribution in [0.2, 0.25) is 0 Å². The van der Waals surface area contributed by atoms with E-state index in [2.05, 4.69) is 58.7 Å². The minimum atomic E-state index is 0.0185. The van der Waals surface area contributed by atoms with Crippen LogP contribution >= 0.6 is 0 Å². The molecule has 1 amide bonds. The summed E-state index contributed by atoms with van der Waals surface area (Å²) in [5, 5.41) is 3.58. The highest BCUT2D eigenvalue weighted by molar-refractivity contribution is 5.84. The monoisotopic (exact) mass is 296 g/mol. The van der Waals surface area contributed by atoms with Crippen LogP contribution in [-0.2, 0) is 4.79 Å². The number of rotatable bonds is 8. The topological polar surface area (TPSA) is 32.3 Å². The first kappa shape index (κ1) is 18.5. The lowest BCUT2D eigenvalue weighted by atomic mass is 10.0. The van der Waals surface area contributed by atoms with E-state index in [1.165, 1.54) is 12.8 Å². The van der Waals surface area contributed by atoms with Crippen molar-refractivity contribution in [3.63, 3.8) is 0 Å². The summed E-state index contributed by atoms with van der Waals surface area (Å²) in [7, 11) is 0. The number of hydrogen-bond acceptors (Lipinski definition) is 2. The molecule has 3 heteroatoms. The lowest BCUT2D eigenvalue weighted by Gasteiger charge is -2.33. The molecule has 0 aliphatic carbocycles. The van der Waals surface area contributed by atoms with Crippen molar-refractivity contribution in [3.8, 4) is 0 Å². The predicted molar refractivity (Wildman–Crippen MR) is 90.0 cm³/mol. The Hall–Kier alpha value is -0.570. The third-order valence-electron chi connectivity index (χ3n) is 4.44. The zero-order valence-corrected chi connectivity index (χ0v) is 15.1. The molecule has 1 rings (SSSR count).